The number of benzene rings is 1. The second-order valence-corrected chi connectivity index (χ2v) is 9.44. The Morgan fingerprint density at radius 3 is 2.67 bits per heavy atom. The van der Waals surface area contributed by atoms with Gasteiger partial charge in [-0.2, -0.15) is 0 Å². The predicted octanol–water partition coefficient (Wildman–Crippen LogP) is 6.08. The van der Waals surface area contributed by atoms with Gasteiger partial charge in [-0.25, -0.2) is 0 Å². The van der Waals surface area contributed by atoms with Crippen molar-refractivity contribution < 1.29 is 0 Å². The standard InChI is InChI=1S/C18H23NS2/c1-12-11-16(13-9-10-20-17(13)21-12)19-15-8-6-5-7-14(15)18(2,3)4/h5-10,12,16,19H,11H2,1-4H3/t12-,16?/m0/s1. The van der Waals surface area contributed by atoms with E-state index >= 15 is 0 Å². The molecule has 0 aliphatic carbocycles. The third-order valence-corrected chi connectivity index (χ3v) is 6.32. The number of anilines is 1. The lowest BCUT2D eigenvalue weighted by Gasteiger charge is -2.31. The van der Waals surface area contributed by atoms with Crippen LogP contribution < -0.4 is 5.32 Å². The fraction of sp³-hybridized carbons (Fsp3) is 0.444. The molecule has 1 N–H and O–H groups in total. The van der Waals surface area contributed by atoms with E-state index in [-0.39, 0.29) is 5.41 Å². The minimum Gasteiger partial charge on any atom is -0.378 e. The van der Waals surface area contributed by atoms with Crippen molar-refractivity contribution in [3.63, 3.8) is 0 Å². The van der Waals surface area contributed by atoms with E-state index in [9.17, 15) is 0 Å². The summed E-state index contributed by atoms with van der Waals surface area (Å²) in [5, 5.41) is 6.72. The SMILES string of the molecule is C[C@H]1CC(Nc2ccccc2C(C)(C)C)c2ccsc2S1. The highest BCUT2D eigenvalue weighted by atomic mass is 32.2. The van der Waals surface area contributed by atoms with Crippen LogP contribution in [0.15, 0.2) is 39.9 Å². The van der Waals surface area contributed by atoms with Crippen molar-refractivity contribution in [3.05, 3.63) is 46.8 Å². The maximum Gasteiger partial charge on any atom is 0.0653 e. The van der Waals surface area contributed by atoms with Gasteiger partial charge in [0, 0.05) is 10.9 Å². The van der Waals surface area contributed by atoms with E-state index < -0.39 is 0 Å². The minimum atomic E-state index is 0.163. The molecule has 1 nitrogen and oxygen atoms in total. The predicted molar refractivity (Wildman–Crippen MR) is 95.8 cm³/mol. The molecule has 2 aromatic rings. The third kappa shape index (κ3) is 3.14. The first kappa shape index (κ1) is 15.0. The molecule has 0 saturated heterocycles. The quantitative estimate of drug-likeness (QED) is 0.720. The van der Waals surface area contributed by atoms with Crippen LogP contribution in [-0.2, 0) is 5.41 Å². The molecule has 1 aliphatic rings. The Balaban J connectivity index is 1.92. The van der Waals surface area contributed by atoms with Gasteiger partial charge in [0.15, 0.2) is 0 Å². The second kappa shape index (κ2) is 5.69. The minimum absolute atomic E-state index is 0.163. The largest absolute Gasteiger partial charge is 0.378 e. The van der Waals surface area contributed by atoms with E-state index in [1.165, 1.54) is 27.4 Å². The Morgan fingerprint density at radius 2 is 1.90 bits per heavy atom. The lowest BCUT2D eigenvalue weighted by Crippen LogP contribution is -2.21. The van der Waals surface area contributed by atoms with Crippen molar-refractivity contribution in [1.82, 2.24) is 0 Å². The molecular weight excluding hydrogens is 294 g/mol. The number of thioether (sulfide) groups is 1. The number of thiophene rings is 1. The molecular formula is C18H23NS2. The first-order chi connectivity index (χ1) is 9.95. The van der Waals surface area contributed by atoms with Gasteiger partial charge in [-0.15, -0.1) is 23.1 Å². The van der Waals surface area contributed by atoms with Gasteiger partial charge in [0.25, 0.3) is 0 Å². The smallest absolute Gasteiger partial charge is 0.0653 e. The van der Waals surface area contributed by atoms with E-state index in [0.29, 0.717) is 11.3 Å². The molecule has 0 amide bonds. The molecule has 2 heterocycles. The van der Waals surface area contributed by atoms with Crippen molar-refractivity contribution in [3.8, 4) is 0 Å². The van der Waals surface area contributed by atoms with E-state index in [0.717, 1.165) is 0 Å². The average Bonchev–Trinajstić information content (AvgIpc) is 2.86. The van der Waals surface area contributed by atoms with Crippen molar-refractivity contribution in [2.45, 2.75) is 55.0 Å². The van der Waals surface area contributed by atoms with Gasteiger partial charge in [-0.1, -0.05) is 45.9 Å². The van der Waals surface area contributed by atoms with Crippen molar-refractivity contribution in [2.75, 3.05) is 5.32 Å². The Kier molecular flexibility index (Phi) is 4.06. The first-order valence-corrected chi connectivity index (χ1v) is 9.31. The molecule has 3 rings (SSSR count). The van der Waals surface area contributed by atoms with Gasteiger partial charge in [-0.3, -0.25) is 0 Å². The molecule has 112 valence electrons. The van der Waals surface area contributed by atoms with Gasteiger partial charge >= 0.3 is 0 Å². The molecule has 1 aromatic heterocycles. The second-order valence-electron chi connectivity index (χ2n) is 6.82. The van der Waals surface area contributed by atoms with Crippen molar-refractivity contribution in [1.29, 1.82) is 0 Å². The van der Waals surface area contributed by atoms with Crippen LogP contribution in [0.2, 0.25) is 0 Å². The summed E-state index contributed by atoms with van der Waals surface area (Å²) in [6.07, 6.45) is 1.19. The number of hydrogen-bond donors (Lipinski definition) is 1. The Bertz CT molecular complexity index is 624. The van der Waals surface area contributed by atoms with Gasteiger partial charge < -0.3 is 5.32 Å². The summed E-state index contributed by atoms with van der Waals surface area (Å²) in [4.78, 5) is 0. The van der Waals surface area contributed by atoms with Crippen LogP contribution in [0.25, 0.3) is 0 Å². The summed E-state index contributed by atoms with van der Waals surface area (Å²) < 4.78 is 1.49. The monoisotopic (exact) mass is 317 g/mol. The topological polar surface area (TPSA) is 12.0 Å². The van der Waals surface area contributed by atoms with Gasteiger partial charge in [0.2, 0.25) is 0 Å². The number of fused-ring (bicyclic) bond motifs is 1. The maximum atomic E-state index is 3.82. The van der Waals surface area contributed by atoms with E-state index in [1.807, 2.05) is 23.1 Å². The zero-order valence-electron chi connectivity index (χ0n) is 13.1. The highest BCUT2D eigenvalue weighted by molar-refractivity contribution is 8.01. The lowest BCUT2D eigenvalue weighted by atomic mass is 9.85. The van der Waals surface area contributed by atoms with Crippen LogP contribution in [0.1, 0.15) is 51.3 Å². The Hall–Kier alpha value is -0.930. The molecule has 1 aromatic carbocycles. The first-order valence-electron chi connectivity index (χ1n) is 7.55. The number of nitrogens with one attached hydrogen (secondary N) is 1. The van der Waals surface area contributed by atoms with Crippen molar-refractivity contribution >= 4 is 28.8 Å². The summed E-state index contributed by atoms with van der Waals surface area (Å²) in [7, 11) is 0. The third-order valence-electron chi connectivity index (χ3n) is 3.97. The van der Waals surface area contributed by atoms with Gasteiger partial charge in [0.05, 0.1) is 10.3 Å². The molecule has 0 bridgehead atoms. The number of hydrogen-bond acceptors (Lipinski definition) is 3. The van der Waals surface area contributed by atoms with Crippen LogP contribution in [-0.4, -0.2) is 5.25 Å². The fourth-order valence-electron chi connectivity index (χ4n) is 2.94. The van der Waals surface area contributed by atoms with Crippen LogP contribution in [0.4, 0.5) is 5.69 Å². The Labute approximate surface area is 136 Å². The summed E-state index contributed by atoms with van der Waals surface area (Å²) in [5.74, 6) is 0. The summed E-state index contributed by atoms with van der Waals surface area (Å²) in [5.41, 5.74) is 4.32. The molecule has 21 heavy (non-hydrogen) atoms. The van der Waals surface area contributed by atoms with E-state index in [2.05, 4.69) is 68.7 Å². The molecule has 0 radical (unpaired) electrons. The summed E-state index contributed by atoms with van der Waals surface area (Å²) in [6, 6.07) is 11.5. The summed E-state index contributed by atoms with van der Waals surface area (Å²) in [6.45, 7) is 9.17. The molecule has 1 unspecified atom stereocenters. The molecule has 0 fully saturated rings. The lowest BCUT2D eigenvalue weighted by molar-refractivity contribution is 0.587. The highest BCUT2D eigenvalue weighted by Crippen LogP contribution is 2.45. The maximum absolute atomic E-state index is 3.82. The molecule has 1 aliphatic heterocycles. The molecule has 2 atom stereocenters. The normalized spacial score (nSPS) is 21.9. The zero-order valence-corrected chi connectivity index (χ0v) is 14.8. The Morgan fingerprint density at radius 1 is 1.14 bits per heavy atom. The number of rotatable bonds is 2. The van der Waals surface area contributed by atoms with Gasteiger partial charge in [0.1, 0.15) is 0 Å². The van der Waals surface area contributed by atoms with E-state index in [1.54, 1.807) is 0 Å². The highest BCUT2D eigenvalue weighted by Gasteiger charge is 2.27. The van der Waals surface area contributed by atoms with Crippen LogP contribution >= 0.6 is 23.1 Å². The van der Waals surface area contributed by atoms with E-state index in [4.69, 9.17) is 0 Å². The summed E-state index contributed by atoms with van der Waals surface area (Å²) >= 11 is 3.90. The van der Waals surface area contributed by atoms with Crippen LogP contribution in [0, 0.1) is 0 Å². The molecule has 0 saturated carbocycles. The number of para-hydroxylation sites is 1. The molecule has 3 heteroatoms. The van der Waals surface area contributed by atoms with Gasteiger partial charge in [-0.05, 0) is 40.5 Å². The van der Waals surface area contributed by atoms with Crippen LogP contribution in [0.3, 0.4) is 0 Å². The fourth-order valence-corrected chi connectivity index (χ4v) is 5.50. The molecule has 0 spiro atoms. The zero-order chi connectivity index (χ0) is 15.0. The van der Waals surface area contributed by atoms with Crippen LogP contribution in [0.5, 0.6) is 0 Å². The van der Waals surface area contributed by atoms with Crippen molar-refractivity contribution in [2.24, 2.45) is 0 Å². The average molecular weight is 318 g/mol.